The third-order valence-corrected chi connectivity index (χ3v) is 4.44. The highest BCUT2D eigenvalue weighted by molar-refractivity contribution is 6.30. The van der Waals surface area contributed by atoms with Crippen LogP contribution in [-0.2, 0) is 4.79 Å². The molecule has 2 aromatic rings. The van der Waals surface area contributed by atoms with Gasteiger partial charge in [-0.3, -0.25) is 4.79 Å². The molecule has 1 N–H and O–H groups in total. The average Bonchev–Trinajstić information content (AvgIpc) is 3.09. The molecule has 1 atom stereocenters. The fraction of sp³-hybridized carbons (Fsp3) is 0.350. The van der Waals surface area contributed by atoms with E-state index in [1.165, 1.54) is 12.8 Å². The smallest absolute Gasteiger partial charge is 0.265 e. The van der Waals surface area contributed by atoms with Crippen molar-refractivity contribution < 1.29 is 14.3 Å². The first-order chi connectivity index (χ1) is 12.1. The van der Waals surface area contributed by atoms with Crippen LogP contribution in [0.4, 0.5) is 5.69 Å². The minimum absolute atomic E-state index is 0.218. The number of carbonyl (C=O) groups excluding carboxylic acids is 1. The summed E-state index contributed by atoms with van der Waals surface area (Å²) in [5, 5.41) is 3.42. The molecule has 5 heteroatoms. The monoisotopic (exact) mass is 359 g/mol. The van der Waals surface area contributed by atoms with Crippen molar-refractivity contribution in [3.63, 3.8) is 0 Å². The number of rotatable bonds is 6. The quantitative estimate of drug-likeness (QED) is 0.783. The summed E-state index contributed by atoms with van der Waals surface area (Å²) in [6.07, 6.45) is 4.42. The van der Waals surface area contributed by atoms with Crippen LogP contribution in [0.3, 0.4) is 0 Å². The van der Waals surface area contributed by atoms with Crippen LogP contribution in [0.5, 0.6) is 11.5 Å². The van der Waals surface area contributed by atoms with Gasteiger partial charge in [0.2, 0.25) is 0 Å². The zero-order valence-electron chi connectivity index (χ0n) is 14.2. The topological polar surface area (TPSA) is 47.6 Å². The molecule has 1 amide bonds. The van der Waals surface area contributed by atoms with E-state index in [4.69, 9.17) is 21.1 Å². The van der Waals surface area contributed by atoms with E-state index in [9.17, 15) is 4.79 Å². The summed E-state index contributed by atoms with van der Waals surface area (Å²) >= 11 is 5.92. The maximum Gasteiger partial charge on any atom is 0.265 e. The van der Waals surface area contributed by atoms with E-state index in [2.05, 4.69) is 5.32 Å². The highest BCUT2D eigenvalue weighted by Crippen LogP contribution is 2.25. The molecule has 0 heterocycles. The van der Waals surface area contributed by atoms with Gasteiger partial charge in [0.15, 0.2) is 6.10 Å². The van der Waals surface area contributed by atoms with Crippen molar-refractivity contribution in [2.24, 2.45) is 0 Å². The first-order valence-electron chi connectivity index (χ1n) is 8.60. The minimum atomic E-state index is -0.632. The minimum Gasteiger partial charge on any atom is -0.490 e. The van der Waals surface area contributed by atoms with Gasteiger partial charge in [-0.2, -0.15) is 0 Å². The lowest BCUT2D eigenvalue weighted by Gasteiger charge is -2.16. The Hall–Kier alpha value is -2.20. The summed E-state index contributed by atoms with van der Waals surface area (Å²) < 4.78 is 11.5. The van der Waals surface area contributed by atoms with E-state index >= 15 is 0 Å². The number of hydrogen-bond donors (Lipinski definition) is 1. The number of anilines is 1. The van der Waals surface area contributed by atoms with Crippen molar-refractivity contribution in [1.29, 1.82) is 0 Å². The van der Waals surface area contributed by atoms with Crippen molar-refractivity contribution in [1.82, 2.24) is 0 Å². The molecule has 1 fully saturated rings. The molecule has 1 aliphatic carbocycles. The largest absolute Gasteiger partial charge is 0.490 e. The number of amides is 1. The molecule has 3 rings (SSSR count). The third-order valence-electron chi connectivity index (χ3n) is 4.20. The highest BCUT2D eigenvalue weighted by Gasteiger charge is 2.17. The Kier molecular flexibility index (Phi) is 5.82. The molecule has 0 spiro atoms. The molecular weight excluding hydrogens is 338 g/mol. The van der Waals surface area contributed by atoms with Crippen LogP contribution >= 0.6 is 11.6 Å². The lowest BCUT2D eigenvalue weighted by molar-refractivity contribution is -0.122. The van der Waals surface area contributed by atoms with Gasteiger partial charge in [-0.05, 0) is 75.1 Å². The van der Waals surface area contributed by atoms with E-state index in [1.54, 1.807) is 31.2 Å². The number of benzene rings is 2. The van der Waals surface area contributed by atoms with Gasteiger partial charge >= 0.3 is 0 Å². The van der Waals surface area contributed by atoms with Crippen LogP contribution in [0.1, 0.15) is 32.6 Å². The van der Waals surface area contributed by atoms with Gasteiger partial charge in [-0.15, -0.1) is 0 Å². The van der Waals surface area contributed by atoms with Crippen molar-refractivity contribution in [2.45, 2.75) is 44.8 Å². The Morgan fingerprint density at radius 2 is 1.84 bits per heavy atom. The Labute approximate surface area is 153 Å². The number of carbonyl (C=O) groups is 1. The third kappa shape index (κ3) is 5.13. The molecule has 2 aromatic carbocycles. The zero-order valence-corrected chi connectivity index (χ0v) is 15.0. The summed E-state index contributed by atoms with van der Waals surface area (Å²) in [4.78, 5) is 12.3. The second-order valence-corrected chi connectivity index (χ2v) is 6.69. The van der Waals surface area contributed by atoms with E-state index in [-0.39, 0.29) is 5.91 Å². The molecule has 25 heavy (non-hydrogen) atoms. The van der Waals surface area contributed by atoms with E-state index in [1.807, 2.05) is 24.3 Å². The average molecular weight is 360 g/mol. The van der Waals surface area contributed by atoms with Gasteiger partial charge in [0.1, 0.15) is 11.5 Å². The van der Waals surface area contributed by atoms with Crippen molar-refractivity contribution in [3.8, 4) is 11.5 Å². The van der Waals surface area contributed by atoms with Gasteiger partial charge in [0.05, 0.1) is 6.10 Å². The zero-order chi connectivity index (χ0) is 17.6. The summed E-state index contributed by atoms with van der Waals surface area (Å²) in [7, 11) is 0. The first kappa shape index (κ1) is 17.6. The van der Waals surface area contributed by atoms with Crippen LogP contribution < -0.4 is 14.8 Å². The summed E-state index contributed by atoms with van der Waals surface area (Å²) in [5.41, 5.74) is 0.713. The second kappa shape index (κ2) is 8.26. The first-order valence-corrected chi connectivity index (χ1v) is 8.98. The van der Waals surface area contributed by atoms with Gasteiger partial charge in [0, 0.05) is 10.7 Å². The van der Waals surface area contributed by atoms with Crippen LogP contribution in [0.2, 0.25) is 5.02 Å². The van der Waals surface area contributed by atoms with E-state index in [0.717, 1.165) is 18.6 Å². The van der Waals surface area contributed by atoms with E-state index in [0.29, 0.717) is 22.6 Å². The molecule has 1 aliphatic rings. The molecule has 0 aromatic heterocycles. The number of ether oxygens (including phenoxy) is 2. The maximum absolute atomic E-state index is 12.3. The predicted octanol–water partition coefficient (Wildman–Crippen LogP) is 5.07. The van der Waals surface area contributed by atoms with Crippen LogP contribution in [0, 0.1) is 0 Å². The lowest BCUT2D eigenvalue weighted by Crippen LogP contribution is -2.30. The van der Waals surface area contributed by atoms with Crippen molar-refractivity contribution >= 4 is 23.2 Å². The molecule has 4 nitrogen and oxygen atoms in total. The normalized spacial score (nSPS) is 15.6. The fourth-order valence-corrected chi connectivity index (χ4v) is 3.04. The lowest BCUT2D eigenvalue weighted by atomic mass is 10.2. The molecule has 0 bridgehead atoms. The van der Waals surface area contributed by atoms with Crippen molar-refractivity contribution in [2.75, 3.05) is 5.32 Å². The molecule has 132 valence electrons. The second-order valence-electron chi connectivity index (χ2n) is 6.26. The number of halogens is 1. The molecule has 1 saturated carbocycles. The molecule has 0 aliphatic heterocycles. The number of nitrogens with one attached hydrogen (secondary N) is 1. The molecule has 1 unspecified atom stereocenters. The Balaban J connectivity index is 1.53. The maximum atomic E-state index is 12.3. The molecular formula is C20H22ClNO3. The summed E-state index contributed by atoms with van der Waals surface area (Å²) in [6, 6.07) is 14.4. The Bertz CT molecular complexity index is 711. The van der Waals surface area contributed by atoms with Crippen LogP contribution in [-0.4, -0.2) is 18.1 Å². The van der Waals surface area contributed by atoms with Gasteiger partial charge in [0.25, 0.3) is 5.91 Å². The van der Waals surface area contributed by atoms with Crippen molar-refractivity contribution in [3.05, 3.63) is 53.6 Å². The molecule has 0 radical (unpaired) electrons. The van der Waals surface area contributed by atoms with Gasteiger partial charge in [-0.25, -0.2) is 0 Å². The summed E-state index contributed by atoms with van der Waals surface area (Å²) in [5.74, 6) is 1.19. The van der Waals surface area contributed by atoms with Gasteiger partial charge in [-0.1, -0.05) is 17.7 Å². The fourth-order valence-electron chi connectivity index (χ4n) is 2.86. The Morgan fingerprint density at radius 3 is 2.52 bits per heavy atom. The van der Waals surface area contributed by atoms with E-state index < -0.39 is 6.10 Å². The van der Waals surface area contributed by atoms with Crippen LogP contribution in [0.25, 0.3) is 0 Å². The molecule has 0 saturated heterocycles. The highest BCUT2D eigenvalue weighted by atomic mass is 35.5. The van der Waals surface area contributed by atoms with Gasteiger partial charge < -0.3 is 14.8 Å². The number of hydrogen-bond acceptors (Lipinski definition) is 3. The SMILES string of the molecule is CC(Oc1cccc(Cl)c1)C(=O)Nc1ccc(OC2CCCC2)cc1. The Morgan fingerprint density at radius 1 is 1.12 bits per heavy atom. The standard InChI is InChI=1S/C20H22ClNO3/c1-14(24-19-8-4-5-15(21)13-19)20(23)22-16-9-11-18(12-10-16)25-17-6-2-3-7-17/h4-5,8-14,17H,2-3,6-7H2,1H3,(H,22,23). The summed E-state index contributed by atoms with van der Waals surface area (Å²) in [6.45, 7) is 1.70. The predicted molar refractivity (Wildman–Crippen MR) is 99.5 cm³/mol. The van der Waals surface area contributed by atoms with Crippen LogP contribution in [0.15, 0.2) is 48.5 Å².